The number of nitrogens with zero attached hydrogens (tertiary/aromatic N) is 2. The molecule has 2 nitrogen and oxygen atoms in total. The van der Waals surface area contributed by atoms with E-state index in [0.717, 1.165) is 16.9 Å². The maximum Gasteiger partial charge on any atom is 0.0652 e. The van der Waals surface area contributed by atoms with E-state index in [9.17, 15) is 0 Å². The molecule has 0 amide bonds. The molecule has 3 rings (SSSR count). The van der Waals surface area contributed by atoms with Crippen LogP contribution < -0.4 is 5.01 Å². The van der Waals surface area contributed by atoms with Crippen LogP contribution in [0.3, 0.4) is 0 Å². The molecule has 0 heterocycles. The Labute approximate surface area is 131 Å². The van der Waals surface area contributed by atoms with Crippen LogP contribution in [0.1, 0.15) is 11.1 Å². The summed E-state index contributed by atoms with van der Waals surface area (Å²) in [6.07, 6.45) is 1.90. The van der Waals surface area contributed by atoms with E-state index in [1.165, 1.54) is 5.56 Å². The molecule has 0 saturated heterocycles. The lowest BCUT2D eigenvalue weighted by molar-refractivity contribution is 1.09. The largest absolute Gasteiger partial charge is 0.234 e. The second-order valence-corrected chi connectivity index (χ2v) is 5.14. The molecule has 0 aliphatic carbocycles. The summed E-state index contributed by atoms with van der Waals surface area (Å²) in [5.74, 6) is 0. The Kier molecular flexibility index (Phi) is 4.30. The average Bonchev–Trinajstić information content (AvgIpc) is 2.57. The van der Waals surface area contributed by atoms with Crippen molar-refractivity contribution in [3.63, 3.8) is 0 Å². The molecule has 0 radical (unpaired) electrons. The molecule has 0 saturated carbocycles. The topological polar surface area (TPSA) is 15.6 Å². The molecule has 0 atom stereocenters. The third-order valence-electron chi connectivity index (χ3n) is 3.37. The first-order chi connectivity index (χ1) is 10.8. The molecular weight excluding hydrogens is 268 g/mol. The van der Waals surface area contributed by atoms with Gasteiger partial charge in [0, 0.05) is 0 Å². The molecule has 0 N–H and O–H groups in total. The molecule has 0 bridgehead atoms. The van der Waals surface area contributed by atoms with Crippen LogP contribution in [0.5, 0.6) is 0 Å². The molecule has 2 heteroatoms. The molecule has 3 aromatic carbocycles. The normalized spacial score (nSPS) is 10.8. The van der Waals surface area contributed by atoms with Crippen molar-refractivity contribution in [3.05, 3.63) is 96.1 Å². The van der Waals surface area contributed by atoms with Crippen LogP contribution >= 0.6 is 0 Å². The summed E-state index contributed by atoms with van der Waals surface area (Å²) in [7, 11) is 0. The fourth-order valence-electron chi connectivity index (χ4n) is 2.30. The van der Waals surface area contributed by atoms with Crippen molar-refractivity contribution in [3.8, 4) is 0 Å². The summed E-state index contributed by atoms with van der Waals surface area (Å²) >= 11 is 0. The number of hydrogen-bond acceptors (Lipinski definition) is 2. The molecule has 108 valence electrons. The second-order valence-electron chi connectivity index (χ2n) is 5.14. The van der Waals surface area contributed by atoms with Crippen LogP contribution in [-0.4, -0.2) is 6.21 Å². The first kappa shape index (κ1) is 14.1. The van der Waals surface area contributed by atoms with Gasteiger partial charge in [-0.15, -0.1) is 0 Å². The number of anilines is 2. The van der Waals surface area contributed by atoms with Gasteiger partial charge in [0.05, 0.1) is 17.6 Å². The third-order valence-corrected chi connectivity index (χ3v) is 3.37. The van der Waals surface area contributed by atoms with E-state index >= 15 is 0 Å². The zero-order valence-corrected chi connectivity index (χ0v) is 12.6. The number of aryl methyl sites for hydroxylation is 1. The summed E-state index contributed by atoms with van der Waals surface area (Å²) in [4.78, 5) is 0. The van der Waals surface area contributed by atoms with E-state index in [0.29, 0.717) is 0 Å². The number of rotatable bonds is 4. The summed E-state index contributed by atoms with van der Waals surface area (Å²) in [5, 5.41) is 6.63. The van der Waals surface area contributed by atoms with Crippen molar-refractivity contribution < 1.29 is 0 Å². The van der Waals surface area contributed by atoms with Crippen molar-refractivity contribution in [1.29, 1.82) is 0 Å². The Balaban J connectivity index is 1.96. The zero-order chi connectivity index (χ0) is 15.2. The van der Waals surface area contributed by atoms with Gasteiger partial charge in [0.15, 0.2) is 0 Å². The van der Waals surface area contributed by atoms with Crippen LogP contribution in [-0.2, 0) is 0 Å². The van der Waals surface area contributed by atoms with Crippen molar-refractivity contribution in [2.75, 3.05) is 5.01 Å². The van der Waals surface area contributed by atoms with Crippen molar-refractivity contribution in [2.24, 2.45) is 5.10 Å². The summed E-state index contributed by atoms with van der Waals surface area (Å²) in [6, 6.07) is 28.6. The Bertz CT molecular complexity index is 709. The summed E-state index contributed by atoms with van der Waals surface area (Å²) in [6.45, 7) is 2.09. The quantitative estimate of drug-likeness (QED) is 0.477. The van der Waals surface area contributed by atoms with Gasteiger partial charge < -0.3 is 0 Å². The van der Waals surface area contributed by atoms with Crippen LogP contribution in [0.25, 0.3) is 0 Å². The molecule has 0 aliphatic rings. The molecule has 3 aromatic rings. The number of para-hydroxylation sites is 2. The predicted octanol–water partition coefficient (Wildman–Crippen LogP) is 5.17. The highest BCUT2D eigenvalue weighted by molar-refractivity contribution is 5.82. The van der Waals surface area contributed by atoms with Gasteiger partial charge in [-0.1, -0.05) is 66.2 Å². The molecule has 0 aliphatic heterocycles. The van der Waals surface area contributed by atoms with Crippen molar-refractivity contribution >= 4 is 17.6 Å². The molecular formula is C20H18N2. The average molecular weight is 286 g/mol. The van der Waals surface area contributed by atoms with Crippen molar-refractivity contribution in [2.45, 2.75) is 6.92 Å². The SMILES string of the molecule is Cc1cccc(/C=N/N(c2ccccc2)c2ccccc2)c1. The Hall–Kier alpha value is -2.87. The van der Waals surface area contributed by atoms with E-state index in [1.807, 2.05) is 53.7 Å². The molecule has 0 aromatic heterocycles. The Morgan fingerprint density at radius 2 is 1.32 bits per heavy atom. The van der Waals surface area contributed by atoms with Gasteiger partial charge in [0.25, 0.3) is 0 Å². The van der Waals surface area contributed by atoms with Gasteiger partial charge in [0.2, 0.25) is 0 Å². The van der Waals surface area contributed by atoms with Gasteiger partial charge in [-0.25, -0.2) is 5.01 Å². The van der Waals surface area contributed by atoms with Crippen LogP contribution in [0.4, 0.5) is 11.4 Å². The highest BCUT2D eigenvalue weighted by Gasteiger charge is 2.06. The van der Waals surface area contributed by atoms with Crippen LogP contribution in [0.15, 0.2) is 90.0 Å². The lowest BCUT2D eigenvalue weighted by Crippen LogP contribution is -2.09. The van der Waals surface area contributed by atoms with E-state index in [1.54, 1.807) is 0 Å². The lowest BCUT2D eigenvalue weighted by Gasteiger charge is -2.19. The maximum atomic E-state index is 4.68. The zero-order valence-electron chi connectivity index (χ0n) is 12.6. The number of hydrogen-bond donors (Lipinski definition) is 0. The highest BCUT2D eigenvalue weighted by atomic mass is 15.5. The fraction of sp³-hybridized carbons (Fsp3) is 0.0500. The van der Waals surface area contributed by atoms with E-state index in [2.05, 4.69) is 54.5 Å². The van der Waals surface area contributed by atoms with Gasteiger partial charge in [-0.3, -0.25) is 0 Å². The monoisotopic (exact) mass is 286 g/mol. The minimum atomic E-state index is 1.04. The summed E-state index contributed by atoms with van der Waals surface area (Å²) < 4.78 is 0. The second kappa shape index (κ2) is 6.72. The standard InChI is InChI=1S/C20H18N2/c1-17-9-8-10-18(15-17)16-21-22(19-11-4-2-5-12-19)20-13-6-3-7-14-20/h2-16H,1H3/b21-16+. The number of hydrazone groups is 1. The van der Waals surface area contributed by atoms with Gasteiger partial charge >= 0.3 is 0 Å². The first-order valence-electron chi connectivity index (χ1n) is 7.34. The third kappa shape index (κ3) is 3.41. The lowest BCUT2D eigenvalue weighted by atomic mass is 10.2. The molecule has 0 spiro atoms. The Morgan fingerprint density at radius 3 is 1.86 bits per heavy atom. The van der Waals surface area contributed by atoms with Crippen molar-refractivity contribution in [1.82, 2.24) is 0 Å². The molecule has 22 heavy (non-hydrogen) atoms. The van der Waals surface area contributed by atoms with E-state index < -0.39 is 0 Å². The minimum Gasteiger partial charge on any atom is -0.234 e. The maximum absolute atomic E-state index is 4.68. The van der Waals surface area contributed by atoms with E-state index in [-0.39, 0.29) is 0 Å². The first-order valence-corrected chi connectivity index (χ1v) is 7.34. The number of benzene rings is 3. The molecule has 0 unspecified atom stereocenters. The fourth-order valence-corrected chi connectivity index (χ4v) is 2.30. The molecule has 0 fully saturated rings. The highest BCUT2D eigenvalue weighted by Crippen LogP contribution is 2.25. The van der Waals surface area contributed by atoms with Gasteiger partial charge in [-0.05, 0) is 36.8 Å². The predicted molar refractivity (Wildman–Crippen MR) is 93.8 cm³/mol. The van der Waals surface area contributed by atoms with Gasteiger partial charge in [-0.2, -0.15) is 5.10 Å². The van der Waals surface area contributed by atoms with Gasteiger partial charge in [0.1, 0.15) is 0 Å². The smallest absolute Gasteiger partial charge is 0.0652 e. The minimum absolute atomic E-state index is 1.04. The van der Waals surface area contributed by atoms with Crippen LogP contribution in [0, 0.1) is 6.92 Å². The van der Waals surface area contributed by atoms with Crippen LogP contribution in [0.2, 0.25) is 0 Å². The van der Waals surface area contributed by atoms with E-state index in [4.69, 9.17) is 0 Å². The summed E-state index contributed by atoms with van der Waals surface area (Å²) in [5.41, 5.74) is 4.40. The Morgan fingerprint density at radius 1 is 0.727 bits per heavy atom.